The van der Waals surface area contributed by atoms with Crippen LogP contribution in [0, 0.1) is 6.92 Å². The van der Waals surface area contributed by atoms with Crippen molar-refractivity contribution >= 4 is 54.2 Å². The van der Waals surface area contributed by atoms with Crippen LogP contribution >= 0.6 is 22.9 Å². The molecule has 1 amide bonds. The predicted molar refractivity (Wildman–Crippen MR) is 139 cm³/mol. The van der Waals surface area contributed by atoms with E-state index in [4.69, 9.17) is 16.6 Å². The van der Waals surface area contributed by atoms with E-state index in [-0.39, 0.29) is 16.8 Å². The quantitative estimate of drug-likeness (QED) is 0.411. The van der Waals surface area contributed by atoms with Gasteiger partial charge in [0.25, 0.3) is 5.91 Å². The van der Waals surface area contributed by atoms with E-state index >= 15 is 0 Å². The van der Waals surface area contributed by atoms with Gasteiger partial charge in [0.05, 0.1) is 20.1 Å². The number of carbonyl (C=O) groups is 1. The fourth-order valence-corrected chi connectivity index (χ4v) is 6.52. The predicted octanol–water partition coefficient (Wildman–Crippen LogP) is 4.64. The molecule has 0 atom stereocenters. The van der Waals surface area contributed by atoms with E-state index in [0.717, 1.165) is 41.6 Å². The lowest BCUT2D eigenvalue weighted by Gasteiger charge is -2.21. The van der Waals surface area contributed by atoms with Crippen LogP contribution in [-0.4, -0.2) is 68.8 Å². The standard InChI is InChI=1S/C24H29ClN4O3S2/c1-16-6-13-20(25)22-21(16)26-24(33-22)29(15-5-14-27(2)3)23(30)17-7-11-19(12-8-17)34(31,32)28(4)18-9-10-18/h6-8,11-13,18H,5,9-10,14-15H2,1-4H3. The zero-order valence-electron chi connectivity index (χ0n) is 19.8. The summed E-state index contributed by atoms with van der Waals surface area (Å²) in [6.07, 6.45) is 2.54. The topological polar surface area (TPSA) is 73.8 Å². The Morgan fingerprint density at radius 1 is 1.09 bits per heavy atom. The number of hydrogen-bond acceptors (Lipinski definition) is 6. The van der Waals surface area contributed by atoms with E-state index in [1.807, 2.05) is 33.2 Å². The molecule has 0 N–H and O–H groups in total. The molecule has 1 aromatic heterocycles. The number of hydrogen-bond donors (Lipinski definition) is 0. The molecule has 2 aromatic carbocycles. The van der Waals surface area contributed by atoms with Gasteiger partial charge in [0, 0.05) is 25.2 Å². The van der Waals surface area contributed by atoms with Crippen molar-refractivity contribution in [2.75, 3.05) is 39.1 Å². The lowest BCUT2D eigenvalue weighted by Crippen LogP contribution is -2.33. The van der Waals surface area contributed by atoms with Crippen LogP contribution in [0.15, 0.2) is 41.3 Å². The first-order chi connectivity index (χ1) is 16.1. The van der Waals surface area contributed by atoms with Gasteiger partial charge in [0.15, 0.2) is 5.13 Å². The van der Waals surface area contributed by atoms with Crippen LogP contribution < -0.4 is 4.90 Å². The van der Waals surface area contributed by atoms with Crippen molar-refractivity contribution in [1.29, 1.82) is 0 Å². The Bertz CT molecular complexity index is 1260. The zero-order chi connectivity index (χ0) is 24.6. The summed E-state index contributed by atoms with van der Waals surface area (Å²) >= 11 is 7.80. The molecule has 34 heavy (non-hydrogen) atoms. The Balaban J connectivity index is 1.64. The number of rotatable bonds is 9. The molecule has 10 heteroatoms. The van der Waals surface area contributed by atoms with Crippen molar-refractivity contribution in [1.82, 2.24) is 14.2 Å². The SMILES string of the molecule is Cc1ccc(Cl)c2sc(N(CCCN(C)C)C(=O)c3ccc(S(=O)(=O)N(C)C4CC4)cc3)nc12. The average molecular weight is 521 g/mol. The summed E-state index contributed by atoms with van der Waals surface area (Å²) in [7, 11) is 2.03. The van der Waals surface area contributed by atoms with Gasteiger partial charge in [-0.2, -0.15) is 4.31 Å². The number of benzene rings is 2. The minimum absolute atomic E-state index is 0.0767. The molecule has 1 fully saturated rings. The number of aromatic nitrogens is 1. The van der Waals surface area contributed by atoms with Crippen molar-refractivity contribution in [2.24, 2.45) is 0 Å². The highest BCUT2D eigenvalue weighted by atomic mass is 35.5. The highest BCUT2D eigenvalue weighted by molar-refractivity contribution is 7.89. The molecule has 0 radical (unpaired) electrons. The van der Waals surface area contributed by atoms with Gasteiger partial charge in [-0.3, -0.25) is 9.69 Å². The number of anilines is 1. The number of fused-ring (bicyclic) bond motifs is 1. The molecule has 1 aliphatic rings. The smallest absolute Gasteiger partial charge is 0.260 e. The maximum Gasteiger partial charge on any atom is 0.260 e. The van der Waals surface area contributed by atoms with Gasteiger partial charge in [-0.1, -0.05) is 29.0 Å². The summed E-state index contributed by atoms with van der Waals surface area (Å²) in [4.78, 5) is 22.2. The number of amides is 1. The molecule has 182 valence electrons. The molecule has 3 aromatic rings. The number of nitrogens with zero attached hydrogens (tertiary/aromatic N) is 4. The van der Waals surface area contributed by atoms with E-state index in [1.165, 1.54) is 27.8 Å². The van der Waals surface area contributed by atoms with E-state index in [0.29, 0.717) is 22.3 Å². The van der Waals surface area contributed by atoms with Gasteiger partial charge in [-0.05, 0) is 82.7 Å². The average Bonchev–Trinajstić information content (AvgIpc) is 3.56. The van der Waals surface area contributed by atoms with Gasteiger partial charge in [0.2, 0.25) is 10.0 Å². The van der Waals surface area contributed by atoms with Gasteiger partial charge >= 0.3 is 0 Å². The second-order valence-corrected chi connectivity index (χ2v) is 12.3. The summed E-state index contributed by atoms with van der Waals surface area (Å²) < 4.78 is 27.9. The van der Waals surface area contributed by atoms with Gasteiger partial charge < -0.3 is 4.90 Å². The molecule has 1 saturated carbocycles. The number of halogens is 1. The first-order valence-corrected chi connectivity index (χ1v) is 13.8. The van der Waals surface area contributed by atoms with E-state index in [2.05, 4.69) is 4.90 Å². The van der Waals surface area contributed by atoms with E-state index in [1.54, 1.807) is 24.1 Å². The molecule has 0 saturated heterocycles. The molecule has 4 rings (SSSR count). The maximum absolute atomic E-state index is 13.6. The highest BCUT2D eigenvalue weighted by Crippen LogP contribution is 2.36. The first kappa shape index (κ1) is 25.1. The minimum atomic E-state index is -3.56. The highest BCUT2D eigenvalue weighted by Gasteiger charge is 2.35. The third-order valence-corrected chi connectivity index (χ3v) is 9.45. The van der Waals surface area contributed by atoms with Crippen molar-refractivity contribution in [3.8, 4) is 0 Å². The van der Waals surface area contributed by atoms with Crippen LogP contribution in [-0.2, 0) is 10.0 Å². The second kappa shape index (κ2) is 9.91. The van der Waals surface area contributed by atoms with Crippen molar-refractivity contribution in [2.45, 2.75) is 37.1 Å². The fourth-order valence-electron chi connectivity index (χ4n) is 3.76. The van der Waals surface area contributed by atoms with Crippen LogP contribution in [0.2, 0.25) is 5.02 Å². The van der Waals surface area contributed by atoms with Crippen molar-refractivity contribution in [3.05, 3.63) is 52.5 Å². The Labute approximate surface area is 210 Å². The number of aryl methyl sites for hydroxylation is 1. The van der Waals surface area contributed by atoms with Gasteiger partial charge in [-0.15, -0.1) is 0 Å². The number of sulfonamides is 1. The van der Waals surface area contributed by atoms with Gasteiger partial charge in [0.1, 0.15) is 0 Å². The normalized spacial score (nSPS) is 14.3. The Morgan fingerprint density at radius 2 is 1.76 bits per heavy atom. The lowest BCUT2D eigenvalue weighted by atomic mass is 10.2. The Kier molecular flexibility index (Phi) is 7.30. The third kappa shape index (κ3) is 5.13. The van der Waals surface area contributed by atoms with Gasteiger partial charge in [-0.25, -0.2) is 13.4 Å². The maximum atomic E-state index is 13.6. The molecule has 0 aliphatic heterocycles. The zero-order valence-corrected chi connectivity index (χ0v) is 22.2. The third-order valence-electron chi connectivity index (χ3n) is 5.99. The molecule has 0 bridgehead atoms. The Hall–Kier alpha value is -2.04. The summed E-state index contributed by atoms with van der Waals surface area (Å²) in [5.74, 6) is -0.217. The van der Waals surface area contributed by atoms with Crippen molar-refractivity contribution in [3.63, 3.8) is 0 Å². The van der Waals surface area contributed by atoms with Crippen LogP contribution in [0.3, 0.4) is 0 Å². The number of thiazole rings is 1. The van der Waals surface area contributed by atoms with Crippen LogP contribution in [0.5, 0.6) is 0 Å². The van der Waals surface area contributed by atoms with E-state index < -0.39 is 10.0 Å². The fraction of sp³-hybridized carbons (Fsp3) is 0.417. The monoisotopic (exact) mass is 520 g/mol. The molecule has 7 nitrogen and oxygen atoms in total. The van der Waals surface area contributed by atoms with Crippen LogP contribution in [0.1, 0.15) is 35.2 Å². The Morgan fingerprint density at radius 3 is 2.35 bits per heavy atom. The molecule has 0 spiro atoms. The van der Waals surface area contributed by atoms with Crippen molar-refractivity contribution < 1.29 is 13.2 Å². The van der Waals surface area contributed by atoms with Crippen LogP contribution in [0.4, 0.5) is 5.13 Å². The minimum Gasteiger partial charge on any atom is -0.309 e. The summed E-state index contributed by atoms with van der Waals surface area (Å²) in [5, 5.41) is 1.19. The number of carbonyl (C=O) groups excluding carboxylic acids is 1. The molecular formula is C24H29ClN4O3S2. The summed E-state index contributed by atoms with van der Waals surface area (Å²) in [6, 6.07) is 10.0. The van der Waals surface area contributed by atoms with E-state index in [9.17, 15) is 13.2 Å². The molecular weight excluding hydrogens is 492 g/mol. The molecule has 1 heterocycles. The summed E-state index contributed by atoms with van der Waals surface area (Å²) in [6.45, 7) is 3.27. The second-order valence-electron chi connectivity index (χ2n) is 8.93. The van der Waals surface area contributed by atoms with Crippen LogP contribution in [0.25, 0.3) is 10.2 Å². The molecule has 1 aliphatic carbocycles. The lowest BCUT2D eigenvalue weighted by molar-refractivity contribution is 0.0986. The molecule has 0 unspecified atom stereocenters. The first-order valence-electron chi connectivity index (χ1n) is 11.2. The largest absolute Gasteiger partial charge is 0.309 e. The summed E-state index contributed by atoms with van der Waals surface area (Å²) in [5.41, 5.74) is 2.21.